The molecule has 0 aromatic heterocycles. The molecule has 0 spiro atoms. The van der Waals surface area contributed by atoms with Crippen molar-refractivity contribution < 1.29 is 5.11 Å². The maximum absolute atomic E-state index is 9.16. The lowest BCUT2D eigenvalue weighted by molar-refractivity contribution is 0.188. The zero-order valence-electron chi connectivity index (χ0n) is 11.1. The molecule has 0 aliphatic carbocycles. The topological polar surface area (TPSA) is 23.5 Å². The lowest BCUT2D eigenvalue weighted by atomic mass is 10.0. The maximum Gasteiger partial charge on any atom is 0.0558 e. The molecule has 2 nitrogen and oxygen atoms in total. The number of aliphatic hydroxyl groups is 1. The van der Waals surface area contributed by atoms with Crippen LogP contribution in [0.25, 0.3) is 0 Å². The van der Waals surface area contributed by atoms with Gasteiger partial charge in [0.05, 0.1) is 6.61 Å². The first-order valence-electron chi connectivity index (χ1n) is 6.90. The quantitative estimate of drug-likeness (QED) is 0.820. The summed E-state index contributed by atoms with van der Waals surface area (Å²) in [6, 6.07) is 8.75. The van der Waals surface area contributed by atoms with Gasteiger partial charge < -0.3 is 10.0 Å². The second-order valence-electron chi connectivity index (χ2n) is 4.92. The number of benzene rings is 1. The van der Waals surface area contributed by atoms with E-state index in [-0.39, 0.29) is 6.61 Å². The molecular weight excluding hydrogens is 242 g/mol. The van der Waals surface area contributed by atoms with E-state index in [4.69, 9.17) is 5.11 Å². The highest BCUT2D eigenvalue weighted by Crippen LogP contribution is 2.39. The Hall–Kier alpha value is -0.510. The number of hydrogen-bond donors (Lipinski definition) is 1. The van der Waals surface area contributed by atoms with Gasteiger partial charge in [-0.15, -0.1) is 11.8 Å². The summed E-state index contributed by atoms with van der Waals surface area (Å²) in [5.74, 6) is 1.82. The minimum absolute atomic E-state index is 0.269. The average molecular weight is 265 g/mol. The van der Waals surface area contributed by atoms with Gasteiger partial charge in [-0.25, -0.2) is 0 Å². The highest BCUT2D eigenvalue weighted by molar-refractivity contribution is 7.99. The van der Waals surface area contributed by atoms with E-state index in [1.807, 2.05) is 11.8 Å². The fourth-order valence-corrected chi connectivity index (χ4v) is 3.75. The minimum Gasteiger partial charge on any atom is -0.395 e. The van der Waals surface area contributed by atoms with Gasteiger partial charge in [-0.1, -0.05) is 31.5 Å². The molecule has 0 saturated heterocycles. The highest BCUT2D eigenvalue weighted by Gasteiger charge is 2.24. The monoisotopic (exact) mass is 265 g/mol. The number of hydrogen-bond acceptors (Lipinski definition) is 3. The molecule has 2 rings (SSSR count). The molecule has 1 aromatic rings. The van der Waals surface area contributed by atoms with Crippen LogP contribution >= 0.6 is 11.8 Å². The Morgan fingerprint density at radius 3 is 2.94 bits per heavy atom. The van der Waals surface area contributed by atoms with Crippen molar-refractivity contribution in [1.82, 2.24) is 4.90 Å². The first kappa shape index (κ1) is 13.9. The summed E-state index contributed by atoms with van der Waals surface area (Å²) in [4.78, 5) is 3.86. The summed E-state index contributed by atoms with van der Waals surface area (Å²) in [5, 5.41) is 9.16. The lowest BCUT2D eigenvalue weighted by Crippen LogP contribution is -2.32. The molecule has 1 N–H and O–H groups in total. The fraction of sp³-hybridized carbons (Fsp3) is 0.600. The zero-order chi connectivity index (χ0) is 12.8. The van der Waals surface area contributed by atoms with Crippen molar-refractivity contribution in [2.75, 3.05) is 32.0 Å². The Morgan fingerprint density at radius 2 is 2.17 bits per heavy atom. The van der Waals surface area contributed by atoms with Gasteiger partial charge in [-0.2, -0.15) is 0 Å². The molecule has 0 radical (unpaired) electrons. The van der Waals surface area contributed by atoms with Crippen molar-refractivity contribution in [3.63, 3.8) is 0 Å². The Labute approximate surface area is 114 Å². The Balaban J connectivity index is 1.95. The second-order valence-corrected chi connectivity index (χ2v) is 5.99. The average Bonchev–Trinajstić information content (AvgIpc) is 2.80. The molecule has 0 bridgehead atoms. The third kappa shape index (κ3) is 3.50. The van der Waals surface area contributed by atoms with Crippen molar-refractivity contribution in [2.45, 2.75) is 30.6 Å². The Bertz CT molecular complexity index is 369. The van der Waals surface area contributed by atoms with Crippen LogP contribution in [0, 0.1) is 0 Å². The first-order valence-corrected chi connectivity index (χ1v) is 7.88. The molecule has 1 heterocycles. The van der Waals surface area contributed by atoms with E-state index in [1.165, 1.54) is 29.1 Å². The van der Waals surface area contributed by atoms with Crippen molar-refractivity contribution in [2.24, 2.45) is 0 Å². The Kier molecular flexibility index (Phi) is 5.54. The first-order chi connectivity index (χ1) is 8.85. The van der Waals surface area contributed by atoms with Crippen LogP contribution in [-0.4, -0.2) is 42.0 Å². The van der Waals surface area contributed by atoms with Crippen molar-refractivity contribution in [1.29, 1.82) is 0 Å². The summed E-state index contributed by atoms with van der Waals surface area (Å²) in [6.07, 6.45) is 2.44. The van der Waals surface area contributed by atoms with E-state index in [9.17, 15) is 0 Å². The molecule has 1 unspecified atom stereocenters. The van der Waals surface area contributed by atoms with E-state index in [0.29, 0.717) is 5.92 Å². The summed E-state index contributed by atoms with van der Waals surface area (Å²) >= 11 is 1.97. The van der Waals surface area contributed by atoms with Gasteiger partial charge >= 0.3 is 0 Å². The predicted molar refractivity (Wildman–Crippen MR) is 78.3 cm³/mol. The predicted octanol–water partition coefficient (Wildman–Crippen LogP) is 2.97. The third-order valence-corrected chi connectivity index (χ3v) is 4.77. The van der Waals surface area contributed by atoms with E-state index < -0.39 is 0 Å². The van der Waals surface area contributed by atoms with Crippen molar-refractivity contribution in [3.8, 4) is 0 Å². The van der Waals surface area contributed by atoms with Gasteiger partial charge in [0.2, 0.25) is 0 Å². The van der Waals surface area contributed by atoms with Crippen LogP contribution in [0.2, 0.25) is 0 Å². The number of fused-ring (bicyclic) bond motifs is 1. The molecule has 0 fully saturated rings. The standard InChI is InChI=1S/C15H23NOS/c1-2-3-8-16(9-10-17)11-13-12-18-15-7-5-4-6-14(13)15/h4-7,13,17H,2-3,8-12H2,1H3. The van der Waals surface area contributed by atoms with Crippen molar-refractivity contribution in [3.05, 3.63) is 29.8 Å². The second kappa shape index (κ2) is 7.17. The number of rotatable bonds is 7. The van der Waals surface area contributed by atoms with Gasteiger partial charge in [0, 0.05) is 29.7 Å². The molecule has 1 aliphatic heterocycles. The lowest BCUT2D eigenvalue weighted by Gasteiger charge is -2.24. The molecule has 1 aromatic carbocycles. The molecule has 18 heavy (non-hydrogen) atoms. The number of thioether (sulfide) groups is 1. The number of unbranched alkanes of at least 4 members (excludes halogenated alkanes) is 1. The third-order valence-electron chi connectivity index (χ3n) is 3.52. The zero-order valence-corrected chi connectivity index (χ0v) is 12.0. The molecular formula is C15H23NOS. The van der Waals surface area contributed by atoms with E-state index >= 15 is 0 Å². The SMILES string of the molecule is CCCCN(CCO)CC1CSc2ccccc21. The summed E-state index contributed by atoms with van der Waals surface area (Å²) in [7, 11) is 0. The Morgan fingerprint density at radius 1 is 1.33 bits per heavy atom. The molecule has 0 amide bonds. The minimum atomic E-state index is 0.269. The summed E-state index contributed by atoms with van der Waals surface area (Å²) < 4.78 is 0. The van der Waals surface area contributed by atoms with Gasteiger partial charge in [0.25, 0.3) is 0 Å². The van der Waals surface area contributed by atoms with Gasteiger partial charge in [0.15, 0.2) is 0 Å². The van der Waals surface area contributed by atoms with E-state index in [2.05, 4.69) is 36.1 Å². The van der Waals surface area contributed by atoms with Gasteiger partial charge in [0.1, 0.15) is 0 Å². The van der Waals surface area contributed by atoms with Crippen molar-refractivity contribution >= 4 is 11.8 Å². The van der Waals surface area contributed by atoms with Gasteiger partial charge in [-0.05, 0) is 24.6 Å². The number of aliphatic hydroxyl groups excluding tert-OH is 1. The van der Waals surface area contributed by atoms with E-state index in [1.54, 1.807) is 0 Å². The smallest absolute Gasteiger partial charge is 0.0558 e. The van der Waals surface area contributed by atoms with Crippen LogP contribution in [0.4, 0.5) is 0 Å². The van der Waals surface area contributed by atoms with Gasteiger partial charge in [-0.3, -0.25) is 0 Å². The molecule has 1 aliphatic rings. The van der Waals surface area contributed by atoms with E-state index in [0.717, 1.165) is 19.6 Å². The molecule has 1 atom stereocenters. The maximum atomic E-state index is 9.16. The molecule has 100 valence electrons. The van der Waals surface area contributed by atoms with Crippen LogP contribution < -0.4 is 0 Å². The largest absolute Gasteiger partial charge is 0.395 e. The van der Waals surface area contributed by atoms with Crippen LogP contribution in [0.1, 0.15) is 31.2 Å². The fourth-order valence-electron chi connectivity index (χ4n) is 2.51. The van der Waals surface area contributed by atoms with Crippen LogP contribution in [0.15, 0.2) is 29.2 Å². The van der Waals surface area contributed by atoms with Crippen LogP contribution in [-0.2, 0) is 0 Å². The summed E-state index contributed by atoms with van der Waals surface area (Å²) in [6.45, 7) is 5.50. The van der Waals surface area contributed by atoms with Crippen LogP contribution in [0.3, 0.4) is 0 Å². The molecule has 0 saturated carbocycles. The highest BCUT2D eigenvalue weighted by atomic mass is 32.2. The van der Waals surface area contributed by atoms with Crippen LogP contribution in [0.5, 0.6) is 0 Å². The summed E-state index contributed by atoms with van der Waals surface area (Å²) in [5.41, 5.74) is 1.50. The molecule has 3 heteroatoms. The number of nitrogens with zero attached hydrogens (tertiary/aromatic N) is 1. The normalized spacial score (nSPS) is 18.3.